The molecule has 3 aromatic carbocycles. The van der Waals surface area contributed by atoms with Gasteiger partial charge in [0.1, 0.15) is 11.5 Å². The Kier molecular flexibility index (Phi) is 8.49. The maximum absolute atomic E-state index is 13.4. The van der Waals surface area contributed by atoms with Crippen molar-refractivity contribution in [3.63, 3.8) is 0 Å². The maximum atomic E-state index is 13.4. The second-order valence-corrected chi connectivity index (χ2v) is 12.3. The SMILES string of the molecule is O=C(N[C@@H](CC1CC1)B(O)O)[C@H](Cc1ccccc1)CS(=O)(=O)c1ccc(Oc2cnc3ccccc3c2)cc1. The Hall–Kier alpha value is -3.73. The minimum absolute atomic E-state index is 0.0686. The third-order valence-electron chi connectivity index (χ3n) is 7.07. The van der Waals surface area contributed by atoms with Crippen molar-refractivity contribution in [2.75, 3.05) is 5.75 Å². The van der Waals surface area contributed by atoms with Crippen LogP contribution in [0, 0.1) is 11.8 Å². The molecule has 8 nitrogen and oxygen atoms in total. The minimum atomic E-state index is -3.86. The first kappa shape index (κ1) is 27.8. The van der Waals surface area contributed by atoms with Crippen molar-refractivity contribution in [1.29, 1.82) is 0 Å². The number of rotatable bonds is 12. The summed E-state index contributed by atoms with van der Waals surface area (Å²) in [6.45, 7) is 0. The molecule has 5 rings (SSSR count). The Bertz CT molecular complexity index is 1560. The zero-order valence-corrected chi connectivity index (χ0v) is 22.7. The van der Waals surface area contributed by atoms with E-state index < -0.39 is 40.5 Å². The van der Waals surface area contributed by atoms with Crippen LogP contribution in [-0.2, 0) is 21.1 Å². The average molecular weight is 558 g/mol. The maximum Gasteiger partial charge on any atom is 0.475 e. The van der Waals surface area contributed by atoms with Crippen LogP contribution in [0.5, 0.6) is 11.5 Å². The Morgan fingerprint density at radius 1 is 0.975 bits per heavy atom. The van der Waals surface area contributed by atoms with Gasteiger partial charge in [-0.2, -0.15) is 0 Å². The number of pyridine rings is 1. The van der Waals surface area contributed by atoms with E-state index in [4.69, 9.17) is 4.74 Å². The number of hydrogen-bond acceptors (Lipinski definition) is 7. The molecule has 1 aliphatic carbocycles. The minimum Gasteiger partial charge on any atom is -0.456 e. The quantitative estimate of drug-likeness (QED) is 0.225. The number of aromatic nitrogens is 1. The van der Waals surface area contributed by atoms with Crippen molar-refractivity contribution in [2.45, 2.75) is 36.5 Å². The fraction of sp³-hybridized carbons (Fsp3) is 0.267. The number of carbonyl (C=O) groups is 1. The van der Waals surface area contributed by atoms with E-state index in [-0.39, 0.29) is 11.3 Å². The van der Waals surface area contributed by atoms with Crippen LogP contribution in [0.4, 0.5) is 0 Å². The van der Waals surface area contributed by atoms with Gasteiger partial charge in [0.25, 0.3) is 0 Å². The van der Waals surface area contributed by atoms with E-state index in [1.165, 1.54) is 12.1 Å². The highest BCUT2D eigenvalue weighted by Gasteiger charge is 2.35. The summed E-state index contributed by atoms with van der Waals surface area (Å²) >= 11 is 0. The average Bonchev–Trinajstić information content (AvgIpc) is 3.77. The first-order valence-corrected chi connectivity index (χ1v) is 15.0. The van der Waals surface area contributed by atoms with Gasteiger partial charge >= 0.3 is 7.12 Å². The summed E-state index contributed by atoms with van der Waals surface area (Å²) in [5.41, 5.74) is 1.66. The van der Waals surface area contributed by atoms with Crippen LogP contribution >= 0.6 is 0 Å². The van der Waals surface area contributed by atoms with Gasteiger partial charge in [-0.3, -0.25) is 9.78 Å². The van der Waals surface area contributed by atoms with E-state index in [1.54, 1.807) is 18.3 Å². The molecule has 1 aromatic heterocycles. The van der Waals surface area contributed by atoms with Gasteiger partial charge in [-0.1, -0.05) is 61.4 Å². The molecule has 4 aromatic rings. The Balaban J connectivity index is 1.31. The number of fused-ring (bicyclic) bond motifs is 1. The molecule has 1 heterocycles. The molecule has 1 aliphatic rings. The van der Waals surface area contributed by atoms with Crippen molar-refractivity contribution >= 4 is 33.8 Å². The molecular weight excluding hydrogens is 527 g/mol. The molecule has 3 N–H and O–H groups in total. The van der Waals surface area contributed by atoms with Crippen LogP contribution in [0.15, 0.2) is 96.0 Å². The third-order valence-corrected chi connectivity index (χ3v) is 8.90. The van der Waals surface area contributed by atoms with Crippen molar-refractivity contribution in [3.05, 3.63) is 96.7 Å². The summed E-state index contributed by atoms with van der Waals surface area (Å²) in [6.07, 6.45) is 4.22. The number of amides is 1. The first-order valence-electron chi connectivity index (χ1n) is 13.3. The number of nitrogens with zero attached hydrogens (tertiary/aromatic N) is 1. The van der Waals surface area contributed by atoms with Crippen LogP contribution in [0.25, 0.3) is 10.9 Å². The highest BCUT2D eigenvalue weighted by atomic mass is 32.2. The third kappa shape index (κ3) is 7.27. The highest BCUT2D eigenvalue weighted by Crippen LogP contribution is 2.34. The van der Waals surface area contributed by atoms with Crippen LogP contribution in [0.3, 0.4) is 0 Å². The molecular formula is C30H31BN2O6S. The van der Waals surface area contributed by atoms with Gasteiger partial charge in [0.15, 0.2) is 9.84 Å². The molecule has 0 unspecified atom stereocenters. The summed E-state index contributed by atoms with van der Waals surface area (Å²) in [5, 5.41) is 23.2. The largest absolute Gasteiger partial charge is 0.475 e. The fourth-order valence-corrected chi connectivity index (χ4v) is 6.26. The Morgan fingerprint density at radius 2 is 1.68 bits per heavy atom. The van der Waals surface area contributed by atoms with Crippen LogP contribution in [-0.4, -0.2) is 48.2 Å². The van der Waals surface area contributed by atoms with Crippen molar-refractivity contribution < 1.29 is 28.0 Å². The van der Waals surface area contributed by atoms with E-state index in [0.717, 1.165) is 29.3 Å². The Morgan fingerprint density at radius 3 is 2.38 bits per heavy atom. The highest BCUT2D eigenvalue weighted by molar-refractivity contribution is 7.91. The predicted molar refractivity (Wildman–Crippen MR) is 153 cm³/mol. The number of para-hydroxylation sites is 1. The molecule has 1 amide bonds. The summed E-state index contributed by atoms with van der Waals surface area (Å²) in [4.78, 5) is 17.7. The normalized spacial score (nSPS) is 14.8. The van der Waals surface area contributed by atoms with Crippen LogP contribution in [0.1, 0.15) is 24.8 Å². The van der Waals surface area contributed by atoms with Crippen LogP contribution < -0.4 is 10.1 Å². The summed E-state index contributed by atoms with van der Waals surface area (Å²) in [5.74, 6) is -1.39. The molecule has 40 heavy (non-hydrogen) atoms. The zero-order valence-electron chi connectivity index (χ0n) is 21.9. The van der Waals surface area contributed by atoms with Gasteiger partial charge < -0.3 is 20.1 Å². The second-order valence-electron chi connectivity index (χ2n) is 10.3. The molecule has 1 fully saturated rings. The molecule has 0 radical (unpaired) electrons. The van der Waals surface area contributed by atoms with E-state index in [0.29, 0.717) is 23.8 Å². The monoisotopic (exact) mass is 558 g/mol. The topological polar surface area (TPSA) is 126 Å². The smallest absolute Gasteiger partial charge is 0.456 e. The number of nitrogens with one attached hydrogen (secondary N) is 1. The van der Waals surface area contributed by atoms with Gasteiger partial charge in [-0.25, -0.2) is 8.42 Å². The molecule has 0 aliphatic heterocycles. The number of carbonyl (C=O) groups excluding carboxylic acids is 1. The standard InChI is InChI=1S/C30H31BN2O6S/c34-30(33-29(31(35)36)17-22-10-11-22)24(16-21-6-2-1-3-7-21)20-40(37,38)27-14-12-25(13-15-27)39-26-18-23-8-4-5-9-28(23)32-19-26/h1-9,12-15,18-19,22,24,29,35-36H,10-11,16-17,20H2,(H,33,34)/t24-,29+/m1/s1. The lowest BCUT2D eigenvalue weighted by atomic mass is 9.76. The number of hydrogen-bond donors (Lipinski definition) is 3. The van der Waals surface area contributed by atoms with Gasteiger partial charge in [-0.15, -0.1) is 0 Å². The van der Waals surface area contributed by atoms with Gasteiger partial charge in [-0.05, 0) is 60.7 Å². The predicted octanol–water partition coefficient (Wildman–Crippen LogP) is 3.96. The summed E-state index contributed by atoms with van der Waals surface area (Å²) in [6, 6.07) is 24.8. The molecule has 0 spiro atoms. The zero-order chi connectivity index (χ0) is 28.1. The van der Waals surface area contributed by atoms with Gasteiger partial charge in [0.2, 0.25) is 5.91 Å². The van der Waals surface area contributed by atoms with E-state index >= 15 is 0 Å². The Labute approximate surface area is 234 Å². The molecule has 10 heteroatoms. The van der Waals surface area contributed by atoms with Crippen LogP contribution in [0.2, 0.25) is 0 Å². The van der Waals surface area contributed by atoms with E-state index in [2.05, 4.69) is 10.3 Å². The molecule has 206 valence electrons. The second kappa shape index (κ2) is 12.2. The van der Waals surface area contributed by atoms with Crippen molar-refractivity contribution in [1.82, 2.24) is 10.3 Å². The van der Waals surface area contributed by atoms with Gasteiger partial charge in [0.05, 0.1) is 34.2 Å². The number of ether oxygens (including phenoxy) is 1. The lowest BCUT2D eigenvalue weighted by Crippen LogP contribution is -2.50. The fourth-order valence-electron chi connectivity index (χ4n) is 4.71. The van der Waals surface area contributed by atoms with Crippen molar-refractivity contribution in [3.8, 4) is 11.5 Å². The number of sulfone groups is 1. The molecule has 0 saturated heterocycles. The van der Waals surface area contributed by atoms with Crippen molar-refractivity contribution in [2.24, 2.45) is 11.8 Å². The lowest BCUT2D eigenvalue weighted by molar-refractivity contribution is -0.124. The number of benzene rings is 3. The van der Waals surface area contributed by atoms with E-state index in [1.807, 2.05) is 60.7 Å². The first-order chi connectivity index (χ1) is 19.3. The van der Waals surface area contributed by atoms with Gasteiger partial charge in [0, 0.05) is 5.39 Å². The van der Waals surface area contributed by atoms with E-state index in [9.17, 15) is 23.3 Å². The summed E-state index contributed by atoms with van der Waals surface area (Å²) in [7, 11) is -5.58. The molecule has 0 bridgehead atoms. The lowest BCUT2D eigenvalue weighted by Gasteiger charge is -2.22. The molecule has 2 atom stereocenters. The molecule has 1 saturated carbocycles. The summed E-state index contributed by atoms with van der Waals surface area (Å²) < 4.78 is 32.7.